The van der Waals surface area contributed by atoms with Gasteiger partial charge >= 0.3 is 0 Å². The fraction of sp³-hybridized carbons (Fsp3) is 0.357. The third kappa shape index (κ3) is 2.56. The molecule has 0 saturated heterocycles. The number of ether oxygens (including phenoxy) is 2. The molecular formula is C14H17N3O2. The monoisotopic (exact) mass is 259 g/mol. The van der Waals surface area contributed by atoms with Crippen LogP contribution in [0.5, 0.6) is 11.5 Å². The summed E-state index contributed by atoms with van der Waals surface area (Å²) < 4.78 is 13.1. The third-order valence-corrected chi connectivity index (χ3v) is 3.19. The third-order valence-electron chi connectivity index (χ3n) is 3.19. The van der Waals surface area contributed by atoms with Crippen LogP contribution in [0.4, 0.5) is 0 Å². The number of fused-ring (bicyclic) bond motifs is 1. The van der Waals surface area contributed by atoms with E-state index in [1.807, 2.05) is 29.9 Å². The van der Waals surface area contributed by atoms with Gasteiger partial charge in [0.15, 0.2) is 11.5 Å². The highest BCUT2D eigenvalue weighted by atomic mass is 16.6. The molecule has 5 heteroatoms. The van der Waals surface area contributed by atoms with Gasteiger partial charge in [-0.1, -0.05) is 12.1 Å². The summed E-state index contributed by atoms with van der Waals surface area (Å²) in [5.41, 5.74) is 2.28. The number of para-hydroxylation sites is 1. The van der Waals surface area contributed by atoms with Gasteiger partial charge in [0, 0.05) is 31.9 Å². The van der Waals surface area contributed by atoms with Crippen molar-refractivity contribution in [1.29, 1.82) is 0 Å². The van der Waals surface area contributed by atoms with Crippen LogP contribution in [-0.4, -0.2) is 23.0 Å². The molecule has 0 fully saturated rings. The first-order chi connectivity index (χ1) is 9.34. The fourth-order valence-electron chi connectivity index (χ4n) is 2.17. The zero-order valence-corrected chi connectivity index (χ0v) is 10.9. The topological polar surface area (TPSA) is 48.3 Å². The lowest BCUT2D eigenvalue weighted by atomic mass is 10.1. The summed E-state index contributed by atoms with van der Waals surface area (Å²) in [6.07, 6.45) is 1.80. The summed E-state index contributed by atoms with van der Waals surface area (Å²) in [5.74, 6) is 1.71. The molecule has 1 aliphatic heterocycles. The molecule has 0 saturated carbocycles. The molecule has 100 valence electrons. The van der Waals surface area contributed by atoms with E-state index >= 15 is 0 Å². The van der Waals surface area contributed by atoms with Crippen molar-refractivity contribution in [3.05, 3.63) is 41.7 Å². The molecule has 1 aliphatic rings. The number of aryl methyl sites for hydroxylation is 1. The fourth-order valence-corrected chi connectivity index (χ4v) is 2.17. The quantitative estimate of drug-likeness (QED) is 0.903. The lowest BCUT2D eigenvalue weighted by Gasteiger charge is -2.21. The molecule has 0 aliphatic carbocycles. The van der Waals surface area contributed by atoms with Crippen molar-refractivity contribution in [2.45, 2.75) is 13.1 Å². The molecule has 0 unspecified atom stereocenters. The second-order valence-electron chi connectivity index (χ2n) is 4.49. The number of nitrogens with zero attached hydrogens (tertiary/aromatic N) is 2. The smallest absolute Gasteiger partial charge is 0.165 e. The molecular weight excluding hydrogens is 242 g/mol. The van der Waals surface area contributed by atoms with E-state index < -0.39 is 0 Å². The highest BCUT2D eigenvalue weighted by Crippen LogP contribution is 2.33. The van der Waals surface area contributed by atoms with Crippen LogP contribution in [0.1, 0.15) is 11.3 Å². The van der Waals surface area contributed by atoms with Crippen molar-refractivity contribution in [1.82, 2.24) is 15.1 Å². The molecule has 19 heavy (non-hydrogen) atoms. The Hall–Kier alpha value is -2.01. The number of aromatic nitrogens is 2. The van der Waals surface area contributed by atoms with Crippen molar-refractivity contribution >= 4 is 0 Å². The Morgan fingerprint density at radius 1 is 1.21 bits per heavy atom. The predicted molar refractivity (Wildman–Crippen MR) is 71.2 cm³/mol. The molecule has 0 bridgehead atoms. The minimum absolute atomic E-state index is 0.617. The van der Waals surface area contributed by atoms with E-state index in [-0.39, 0.29) is 0 Å². The molecule has 3 rings (SSSR count). The summed E-state index contributed by atoms with van der Waals surface area (Å²) in [5, 5.41) is 7.54. The lowest BCUT2D eigenvalue weighted by Crippen LogP contribution is -2.19. The summed E-state index contributed by atoms with van der Waals surface area (Å²) in [6.45, 7) is 2.77. The first-order valence-electron chi connectivity index (χ1n) is 6.39. The van der Waals surface area contributed by atoms with E-state index in [1.165, 1.54) is 0 Å². The van der Waals surface area contributed by atoms with E-state index in [0.717, 1.165) is 35.8 Å². The van der Waals surface area contributed by atoms with Crippen molar-refractivity contribution in [3.63, 3.8) is 0 Å². The molecule has 2 heterocycles. The van der Waals surface area contributed by atoms with Crippen molar-refractivity contribution in [2.75, 3.05) is 13.2 Å². The van der Waals surface area contributed by atoms with Gasteiger partial charge < -0.3 is 14.8 Å². The standard InChI is InChI=1S/C14H17N3O2/c1-17-12(5-6-16-17)10-15-9-11-3-2-4-13-14(11)19-8-7-18-13/h2-6,15H,7-10H2,1H3. The van der Waals surface area contributed by atoms with Crippen molar-refractivity contribution in [2.24, 2.45) is 7.05 Å². The zero-order chi connectivity index (χ0) is 13.1. The number of benzene rings is 1. The second kappa shape index (κ2) is 5.32. The van der Waals surface area contributed by atoms with E-state index in [4.69, 9.17) is 9.47 Å². The Balaban J connectivity index is 1.66. The van der Waals surface area contributed by atoms with Crippen LogP contribution in [-0.2, 0) is 20.1 Å². The average Bonchev–Trinajstić information content (AvgIpc) is 2.85. The van der Waals surface area contributed by atoms with Gasteiger partial charge in [-0.3, -0.25) is 4.68 Å². The van der Waals surface area contributed by atoms with Crippen LogP contribution in [0.15, 0.2) is 30.5 Å². The van der Waals surface area contributed by atoms with E-state index in [2.05, 4.69) is 16.5 Å². The van der Waals surface area contributed by atoms with Gasteiger partial charge in [-0.2, -0.15) is 5.10 Å². The minimum Gasteiger partial charge on any atom is -0.486 e. The van der Waals surface area contributed by atoms with Crippen LogP contribution in [0.25, 0.3) is 0 Å². The van der Waals surface area contributed by atoms with Gasteiger partial charge in [-0.25, -0.2) is 0 Å². The normalized spacial score (nSPS) is 13.5. The predicted octanol–water partition coefficient (Wildman–Crippen LogP) is 1.48. The van der Waals surface area contributed by atoms with E-state index in [9.17, 15) is 0 Å². The van der Waals surface area contributed by atoms with Gasteiger partial charge in [-0.05, 0) is 12.1 Å². The first kappa shape index (κ1) is 12.0. The Bertz CT molecular complexity index is 566. The SMILES string of the molecule is Cn1nccc1CNCc1cccc2c1OCCO2. The Morgan fingerprint density at radius 2 is 2.11 bits per heavy atom. The van der Waals surface area contributed by atoms with Crippen LogP contribution < -0.4 is 14.8 Å². The molecule has 1 N–H and O–H groups in total. The summed E-state index contributed by atoms with van der Waals surface area (Å²) in [6, 6.07) is 8.00. The highest BCUT2D eigenvalue weighted by molar-refractivity contribution is 5.47. The lowest BCUT2D eigenvalue weighted by molar-refractivity contribution is 0.169. The molecule has 1 aromatic carbocycles. The van der Waals surface area contributed by atoms with E-state index in [0.29, 0.717) is 13.2 Å². The van der Waals surface area contributed by atoms with Gasteiger partial charge in [0.25, 0.3) is 0 Å². The van der Waals surface area contributed by atoms with Crippen molar-refractivity contribution in [3.8, 4) is 11.5 Å². The van der Waals surface area contributed by atoms with Crippen LogP contribution in [0.2, 0.25) is 0 Å². The Morgan fingerprint density at radius 3 is 2.95 bits per heavy atom. The minimum atomic E-state index is 0.617. The van der Waals surface area contributed by atoms with Gasteiger partial charge in [0.1, 0.15) is 13.2 Å². The van der Waals surface area contributed by atoms with Crippen LogP contribution >= 0.6 is 0 Å². The highest BCUT2D eigenvalue weighted by Gasteiger charge is 2.14. The Labute approximate surface area is 112 Å². The molecule has 0 atom stereocenters. The number of hydrogen-bond acceptors (Lipinski definition) is 4. The summed E-state index contributed by atoms with van der Waals surface area (Å²) in [7, 11) is 1.94. The molecule has 0 radical (unpaired) electrons. The summed E-state index contributed by atoms with van der Waals surface area (Å²) >= 11 is 0. The van der Waals surface area contributed by atoms with Crippen LogP contribution in [0, 0.1) is 0 Å². The van der Waals surface area contributed by atoms with Gasteiger partial charge in [0.2, 0.25) is 0 Å². The first-order valence-corrected chi connectivity index (χ1v) is 6.39. The number of hydrogen-bond donors (Lipinski definition) is 1. The summed E-state index contributed by atoms with van der Waals surface area (Å²) in [4.78, 5) is 0. The Kier molecular flexibility index (Phi) is 3.37. The number of rotatable bonds is 4. The average molecular weight is 259 g/mol. The van der Waals surface area contributed by atoms with Crippen molar-refractivity contribution < 1.29 is 9.47 Å². The maximum absolute atomic E-state index is 5.68. The molecule has 1 aromatic heterocycles. The zero-order valence-electron chi connectivity index (χ0n) is 10.9. The molecule has 5 nitrogen and oxygen atoms in total. The maximum Gasteiger partial charge on any atom is 0.165 e. The van der Waals surface area contributed by atoms with Gasteiger partial charge in [0.05, 0.1) is 5.69 Å². The van der Waals surface area contributed by atoms with Gasteiger partial charge in [-0.15, -0.1) is 0 Å². The van der Waals surface area contributed by atoms with Crippen LogP contribution in [0.3, 0.4) is 0 Å². The maximum atomic E-state index is 5.68. The largest absolute Gasteiger partial charge is 0.486 e. The molecule has 0 spiro atoms. The molecule has 0 amide bonds. The second-order valence-corrected chi connectivity index (χ2v) is 4.49. The molecule has 2 aromatic rings. The number of nitrogens with one attached hydrogen (secondary N) is 1. The van der Waals surface area contributed by atoms with E-state index in [1.54, 1.807) is 6.20 Å².